The van der Waals surface area contributed by atoms with Crippen molar-refractivity contribution in [3.05, 3.63) is 0 Å². The van der Waals surface area contributed by atoms with E-state index >= 15 is 0 Å². The fourth-order valence-electron chi connectivity index (χ4n) is 1.85. The van der Waals surface area contributed by atoms with Gasteiger partial charge < -0.3 is 14.8 Å². The molecule has 2 aliphatic heterocycles. The van der Waals surface area contributed by atoms with Crippen molar-refractivity contribution in [3.8, 4) is 0 Å². The molecule has 0 spiro atoms. The van der Waals surface area contributed by atoms with Gasteiger partial charge in [-0.25, -0.2) is 0 Å². The minimum Gasteiger partial charge on any atom is -0.381 e. The van der Waals surface area contributed by atoms with Gasteiger partial charge in [-0.2, -0.15) is 0 Å². The Morgan fingerprint density at radius 2 is 1.92 bits per heavy atom. The van der Waals surface area contributed by atoms with Crippen molar-refractivity contribution in [2.75, 3.05) is 33.0 Å². The number of hydrogen-bond acceptors (Lipinski definition) is 3. The molecule has 76 valence electrons. The first kappa shape index (κ1) is 9.44. The molecular weight excluding hydrogens is 166 g/mol. The lowest BCUT2D eigenvalue weighted by Crippen LogP contribution is -2.50. The first-order valence-electron chi connectivity index (χ1n) is 5.17. The van der Waals surface area contributed by atoms with Crippen LogP contribution in [-0.4, -0.2) is 39.0 Å². The van der Waals surface area contributed by atoms with Crippen molar-refractivity contribution in [2.24, 2.45) is 5.41 Å². The second kappa shape index (κ2) is 3.95. The summed E-state index contributed by atoms with van der Waals surface area (Å²) in [4.78, 5) is 0. The maximum atomic E-state index is 5.31. The van der Waals surface area contributed by atoms with Crippen LogP contribution in [-0.2, 0) is 9.47 Å². The zero-order valence-electron chi connectivity index (χ0n) is 8.34. The molecule has 0 aromatic heterocycles. The molecule has 0 unspecified atom stereocenters. The smallest absolute Gasteiger partial charge is 0.0554 e. The standard InChI is InChI=1S/C10H19NO2/c1-10(7-13-8-10)6-11-9-2-4-12-5-3-9/h9,11H,2-8H2,1H3. The lowest BCUT2D eigenvalue weighted by atomic mass is 9.88. The minimum absolute atomic E-state index is 0.401. The van der Waals surface area contributed by atoms with E-state index in [2.05, 4.69) is 12.2 Å². The highest BCUT2D eigenvalue weighted by molar-refractivity contribution is 4.84. The maximum Gasteiger partial charge on any atom is 0.0554 e. The fourth-order valence-corrected chi connectivity index (χ4v) is 1.85. The Hall–Kier alpha value is -0.120. The molecule has 0 amide bonds. The number of ether oxygens (including phenoxy) is 2. The molecule has 0 aromatic rings. The summed E-state index contributed by atoms with van der Waals surface area (Å²) in [6, 6.07) is 0.672. The third-order valence-electron chi connectivity index (χ3n) is 2.94. The number of nitrogens with one attached hydrogen (secondary N) is 1. The van der Waals surface area contributed by atoms with Crippen LogP contribution in [0.1, 0.15) is 19.8 Å². The molecular formula is C10H19NO2. The number of rotatable bonds is 3. The average molecular weight is 185 g/mol. The Kier molecular flexibility index (Phi) is 2.86. The molecule has 1 N–H and O–H groups in total. The van der Waals surface area contributed by atoms with Gasteiger partial charge in [0, 0.05) is 31.2 Å². The highest BCUT2D eigenvalue weighted by Gasteiger charge is 2.33. The van der Waals surface area contributed by atoms with Crippen molar-refractivity contribution in [3.63, 3.8) is 0 Å². The van der Waals surface area contributed by atoms with E-state index in [1.54, 1.807) is 0 Å². The second-order valence-corrected chi connectivity index (χ2v) is 4.57. The van der Waals surface area contributed by atoms with Crippen LogP contribution < -0.4 is 5.32 Å². The molecule has 0 radical (unpaired) electrons. The summed E-state index contributed by atoms with van der Waals surface area (Å²) in [5.41, 5.74) is 0.401. The Bertz CT molecular complexity index is 162. The second-order valence-electron chi connectivity index (χ2n) is 4.57. The van der Waals surface area contributed by atoms with Crippen molar-refractivity contribution in [1.29, 1.82) is 0 Å². The lowest BCUT2D eigenvalue weighted by molar-refractivity contribution is -0.101. The normalized spacial score (nSPS) is 28.4. The number of hydrogen-bond donors (Lipinski definition) is 1. The molecule has 2 aliphatic rings. The van der Waals surface area contributed by atoms with E-state index in [1.165, 1.54) is 0 Å². The summed E-state index contributed by atoms with van der Waals surface area (Å²) in [5, 5.41) is 3.60. The third kappa shape index (κ3) is 2.42. The minimum atomic E-state index is 0.401. The van der Waals surface area contributed by atoms with Crippen molar-refractivity contribution < 1.29 is 9.47 Å². The van der Waals surface area contributed by atoms with E-state index in [-0.39, 0.29) is 0 Å². The van der Waals surface area contributed by atoms with E-state index in [0.29, 0.717) is 11.5 Å². The van der Waals surface area contributed by atoms with Crippen LogP contribution in [0, 0.1) is 5.41 Å². The molecule has 2 fully saturated rings. The van der Waals surface area contributed by atoms with Crippen LogP contribution in [0.5, 0.6) is 0 Å². The van der Waals surface area contributed by atoms with Crippen LogP contribution in [0.3, 0.4) is 0 Å². The van der Waals surface area contributed by atoms with Gasteiger partial charge in [0.05, 0.1) is 13.2 Å². The molecule has 2 saturated heterocycles. The monoisotopic (exact) mass is 185 g/mol. The van der Waals surface area contributed by atoms with Gasteiger partial charge in [-0.15, -0.1) is 0 Å². The van der Waals surface area contributed by atoms with Gasteiger partial charge in [0.15, 0.2) is 0 Å². The highest BCUT2D eigenvalue weighted by atomic mass is 16.5. The molecule has 0 bridgehead atoms. The third-order valence-corrected chi connectivity index (χ3v) is 2.94. The Morgan fingerprint density at radius 3 is 2.46 bits per heavy atom. The quantitative estimate of drug-likeness (QED) is 0.705. The molecule has 0 atom stereocenters. The van der Waals surface area contributed by atoms with Gasteiger partial charge in [-0.1, -0.05) is 6.92 Å². The summed E-state index contributed by atoms with van der Waals surface area (Å²) < 4.78 is 10.5. The van der Waals surface area contributed by atoms with Crippen LogP contribution >= 0.6 is 0 Å². The van der Waals surface area contributed by atoms with Crippen LogP contribution in [0.25, 0.3) is 0 Å². The molecule has 13 heavy (non-hydrogen) atoms. The van der Waals surface area contributed by atoms with Gasteiger partial charge in [-0.3, -0.25) is 0 Å². The average Bonchev–Trinajstić information content (AvgIpc) is 2.13. The Morgan fingerprint density at radius 1 is 1.23 bits per heavy atom. The van der Waals surface area contributed by atoms with E-state index in [0.717, 1.165) is 45.8 Å². The lowest BCUT2D eigenvalue weighted by Gasteiger charge is -2.39. The predicted molar refractivity (Wildman–Crippen MR) is 50.8 cm³/mol. The van der Waals surface area contributed by atoms with Gasteiger partial charge in [0.25, 0.3) is 0 Å². The molecule has 0 saturated carbocycles. The maximum absolute atomic E-state index is 5.31. The van der Waals surface area contributed by atoms with Crippen LogP contribution in [0.15, 0.2) is 0 Å². The summed E-state index contributed by atoms with van der Waals surface area (Å²) in [6.07, 6.45) is 2.33. The Labute approximate surface area is 79.8 Å². The summed E-state index contributed by atoms with van der Waals surface area (Å²) in [7, 11) is 0. The van der Waals surface area contributed by atoms with Gasteiger partial charge in [0.1, 0.15) is 0 Å². The molecule has 0 aromatic carbocycles. The van der Waals surface area contributed by atoms with Gasteiger partial charge in [0.2, 0.25) is 0 Å². The van der Waals surface area contributed by atoms with Crippen molar-refractivity contribution >= 4 is 0 Å². The van der Waals surface area contributed by atoms with E-state index in [1.807, 2.05) is 0 Å². The summed E-state index contributed by atoms with van der Waals surface area (Å²) in [6.45, 7) is 7.06. The summed E-state index contributed by atoms with van der Waals surface area (Å²) in [5.74, 6) is 0. The topological polar surface area (TPSA) is 30.5 Å². The van der Waals surface area contributed by atoms with Crippen LogP contribution in [0.4, 0.5) is 0 Å². The van der Waals surface area contributed by atoms with Crippen LogP contribution in [0.2, 0.25) is 0 Å². The predicted octanol–water partition coefficient (Wildman–Crippen LogP) is 0.792. The first-order valence-corrected chi connectivity index (χ1v) is 5.17. The van der Waals surface area contributed by atoms with Gasteiger partial charge in [-0.05, 0) is 12.8 Å². The van der Waals surface area contributed by atoms with Crippen molar-refractivity contribution in [2.45, 2.75) is 25.8 Å². The molecule has 3 heteroatoms. The first-order chi connectivity index (χ1) is 6.29. The Balaban J connectivity index is 1.66. The SMILES string of the molecule is CC1(CNC2CCOCC2)COC1. The molecule has 3 nitrogen and oxygen atoms in total. The van der Waals surface area contributed by atoms with E-state index in [4.69, 9.17) is 9.47 Å². The van der Waals surface area contributed by atoms with Gasteiger partial charge >= 0.3 is 0 Å². The highest BCUT2D eigenvalue weighted by Crippen LogP contribution is 2.25. The molecule has 2 rings (SSSR count). The zero-order valence-corrected chi connectivity index (χ0v) is 8.34. The van der Waals surface area contributed by atoms with Crippen molar-refractivity contribution in [1.82, 2.24) is 5.32 Å². The van der Waals surface area contributed by atoms with E-state index in [9.17, 15) is 0 Å². The largest absolute Gasteiger partial charge is 0.381 e. The molecule has 2 heterocycles. The van der Waals surface area contributed by atoms with E-state index < -0.39 is 0 Å². The zero-order chi connectivity index (χ0) is 9.15. The molecule has 0 aliphatic carbocycles. The summed E-state index contributed by atoms with van der Waals surface area (Å²) >= 11 is 0. The fraction of sp³-hybridized carbons (Fsp3) is 1.00.